The Bertz CT molecular complexity index is 630. The van der Waals surface area contributed by atoms with Gasteiger partial charge in [-0.2, -0.15) is 16.1 Å². The molecule has 1 aromatic carbocycles. The Hall–Kier alpha value is -1.05. The molecule has 1 atom stereocenters. The van der Waals surface area contributed by atoms with E-state index in [1.54, 1.807) is 30.8 Å². The van der Waals surface area contributed by atoms with E-state index in [1.165, 1.54) is 16.4 Å². The number of carbonyl (C=O) groups is 1. The Balaban J connectivity index is 2.35. The maximum atomic E-state index is 12.9. The number of nitrogens with zero attached hydrogens (tertiary/aromatic N) is 1. The lowest BCUT2D eigenvalue weighted by Crippen LogP contribution is -2.42. The Kier molecular flexibility index (Phi) is 5.88. The number of hydrogen-bond donors (Lipinski definition) is 0. The number of esters is 1. The summed E-state index contributed by atoms with van der Waals surface area (Å²) in [4.78, 5) is 12.0. The van der Waals surface area contributed by atoms with Crippen molar-refractivity contribution in [1.29, 1.82) is 0 Å². The van der Waals surface area contributed by atoms with Crippen LogP contribution in [-0.4, -0.2) is 49.4 Å². The zero-order chi connectivity index (χ0) is 16.2. The molecule has 0 bridgehead atoms. The quantitative estimate of drug-likeness (QED) is 0.768. The zero-order valence-corrected chi connectivity index (χ0v) is 14.5. The van der Waals surface area contributed by atoms with Gasteiger partial charge in [-0.15, -0.1) is 0 Å². The van der Waals surface area contributed by atoms with Crippen molar-refractivity contribution in [2.75, 3.05) is 25.4 Å². The fraction of sp³-hybridized carbons (Fsp3) is 0.533. The molecule has 0 N–H and O–H groups in total. The summed E-state index contributed by atoms with van der Waals surface area (Å²) in [5.41, 5.74) is 0.107. The van der Waals surface area contributed by atoms with Gasteiger partial charge in [-0.05, 0) is 25.5 Å². The maximum Gasteiger partial charge on any atom is 0.339 e. The number of carbonyl (C=O) groups excluding carboxylic acids is 1. The Morgan fingerprint density at radius 2 is 2.09 bits per heavy atom. The minimum absolute atomic E-state index is 0.0372. The first kappa shape index (κ1) is 17.3. The van der Waals surface area contributed by atoms with Crippen molar-refractivity contribution in [2.45, 2.75) is 30.4 Å². The van der Waals surface area contributed by atoms with Crippen LogP contribution in [-0.2, 0) is 14.8 Å². The monoisotopic (exact) mass is 343 g/mol. The van der Waals surface area contributed by atoms with Crippen LogP contribution < -0.4 is 0 Å². The van der Waals surface area contributed by atoms with Crippen LogP contribution in [0.1, 0.15) is 30.6 Å². The summed E-state index contributed by atoms with van der Waals surface area (Å²) in [6.45, 7) is 4.93. The Morgan fingerprint density at radius 3 is 2.77 bits per heavy atom. The van der Waals surface area contributed by atoms with Crippen molar-refractivity contribution in [3.05, 3.63) is 29.8 Å². The van der Waals surface area contributed by atoms with E-state index in [9.17, 15) is 13.2 Å². The lowest BCUT2D eigenvalue weighted by atomic mass is 10.2. The molecule has 7 heteroatoms. The summed E-state index contributed by atoms with van der Waals surface area (Å²) in [6, 6.07) is 6.25. The molecule has 1 fully saturated rings. The first-order chi connectivity index (χ1) is 10.5. The minimum Gasteiger partial charge on any atom is -0.462 e. The number of hydrogen-bond acceptors (Lipinski definition) is 5. The summed E-state index contributed by atoms with van der Waals surface area (Å²) in [7, 11) is -3.68. The van der Waals surface area contributed by atoms with E-state index in [0.717, 1.165) is 12.2 Å². The van der Waals surface area contributed by atoms with Gasteiger partial charge in [0.1, 0.15) is 0 Å². The molecule has 22 heavy (non-hydrogen) atoms. The van der Waals surface area contributed by atoms with Crippen LogP contribution in [0.4, 0.5) is 0 Å². The molecule has 1 aliphatic rings. The van der Waals surface area contributed by atoms with Crippen molar-refractivity contribution in [3.63, 3.8) is 0 Å². The van der Waals surface area contributed by atoms with Gasteiger partial charge in [0.25, 0.3) is 0 Å². The van der Waals surface area contributed by atoms with Crippen LogP contribution in [0.3, 0.4) is 0 Å². The highest BCUT2D eigenvalue weighted by Crippen LogP contribution is 2.27. The summed E-state index contributed by atoms with van der Waals surface area (Å²) >= 11 is 1.80. The Morgan fingerprint density at radius 1 is 1.36 bits per heavy atom. The third-order valence-electron chi connectivity index (χ3n) is 3.56. The normalized spacial score (nSPS) is 19.8. The summed E-state index contributed by atoms with van der Waals surface area (Å²) in [6.07, 6.45) is 0.927. The highest BCUT2D eigenvalue weighted by molar-refractivity contribution is 8.00. The van der Waals surface area contributed by atoms with E-state index in [4.69, 9.17) is 4.74 Å². The molecule has 5 nitrogen and oxygen atoms in total. The molecule has 0 aliphatic carbocycles. The van der Waals surface area contributed by atoms with E-state index in [1.807, 2.05) is 0 Å². The Labute approximate surface area is 136 Å². The van der Waals surface area contributed by atoms with Gasteiger partial charge >= 0.3 is 5.97 Å². The molecule has 1 aromatic rings. The smallest absolute Gasteiger partial charge is 0.339 e. The average Bonchev–Trinajstić information content (AvgIpc) is 2.55. The number of thioether (sulfide) groups is 1. The van der Waals surface area contributed by atoms with Crippen molar-refractivity contribution in [2.24, 2.45) is 0 Å². The second kappa shape index (κ2) is 7.48. The molecule has 1 saturated heterocycles. The fourth-order valence-electron chi connectivity index (χ4n) is 2.37. The van der Waals surface area contributed by atoms with Crippen LogP contribution >= 0.6 is 11.8 Å². The standard InChI is InChI=1S/C15H21NO4S2/c1-3-12-11-16(9-10-21-12)22(18,19)14-8-6-5-7-13(14)15(17)20-4-2/h5-8,12H,3-4,9-11H2,1-2H3. The fourth-order valence-corrected chi connectivity index (χ4v) is 5.42. The molecule has 0 spiro atoms. The number of rotatable bonds is 5. The lowest BCUT2D eigenvalue weighted by molar-refractivity contribution is 0.0521. The average molecular weight is 343 g/mol. The van der Waals surface area contributed by atoms with Crippen LogP contribution in [0.5, 0.6) is 0 Å². The lowest BCUT2D eigenvalue weighted by Gasteiger charge is -2.31. The predicted octanol–water partition coefficient (Wildman–Crippen LogP) is 2.38. The molecule has 0 radical (unpaired) electrons. The van der Waals surface area contributed by atoms with Crippen LogP contribution in [0.15, 0.2) is 29.2 Å². The zero-order valence-electron chi connectivity index (χ0n) is 12.8. The highest BCUT2D eigenvalue weighted by Gasteiger charge is 2.32. The number of sulfonamides is 1. The molecule has 1 aliphatic heterocycles. The van der Waals surface area contributed by atoms with Gasteiger partial charge in [-0.1, -0.05) is 19.1 Å². The van der Waals surface area contributed by atoms with E-state index in [-0.39, 0.29) is 17.1 Å². The second-order valence-corrected chi connectivity index (χ2v) is 8.30. The van der Waals surface area contributed by atoms with Crippen molar-refractivity contribution in [3.8, 4) is 0 Å². The third-order valence-corrected chi connectivity index (χ3v) is 6.85. The van der Waals surface area contributed by atoms with E-state index >= 15 is 0 Å². The number of ether oxygens (including phenoxy) is 1. The molecule has 0 amide bonds. The van der Waals surface area contributed by atoms with Crippen molar-refractivity contribution >= 4 is 27.8 Å². The molecule has 2 rings (SSSR count). The van der Waals surface area contributed by atoms with E-state index < -0.39 is 16.0 Å². The molecular formula is C15H21NO4S2. The summed E-state index contributed by atoms with van der Waals surface area (Å²) < 4.78 is 32.2. The number of benzene rings is 1. The van der Waals surface area contributed by atoms with Crippen LogP contribution in [0, 0.1) is 0 Å². The predicted molar refractivity (Wildman–Crippen MR) is 87.7 cm³/mol. The maximum absolute atomic E-state index is 12.9. The van der Waals surface area contributed by atoms with Gasteiger partial charge in [0.05, 0.1) is 17.1 Å². The van der Waals surface area contributed by atoms with Gasteiger partial charge in [0.15, 0.2) is 0 Å². The molecular weight excluding hydrogens is 322 g/mol. The third kappa shape index (κ3) is 3.64. The van der Waals surface area contributed by atoms with Gasteiger partial charge in [-0.3, -0.25) is 0 Å². The van der Waals surface area contributed by atoms with Gasteiger partial charge in [-0.25, -0.2) is 13.2 Å². The first-order valence-corrected chi connectivity index (χ1v) is 9.87. The van der Waals surface area contributed by atoms with Crippen LogP contribution in [0.2, 0.25) is 0 Å². The first-order valence-electron chi connectivity index (χ1n) is 7.38. The molecule has 0 aromatic heterocycles. The topological polar surface area (TPSA) is 63.7 Å². The van der Waals surface area contributed by atoms with Gasteiger partial charge in [0, 0.05) is 24.1 Å². The summed E-state index contributed by atoms with van der Waals surface area (Å²) in [5.74, 6) is 0.180. The summed E-state index contributed by atoms with van der Waals surface area (Å²) in [5, 5.41) is 0.304. The minimum atomic E-state index is -3.68. The van der Waals surface area contributed by atoms with Crippen molar-refractivity contribution < 1.29 is 17.9 Å². The van der Waals surface area contributed by atoms with Gasteiger partial charge in [0.2, 0.25) is 10.0 Å². The molecule has 0 saturated carbocycles. The largest absolute Gasteiger partial charge is 0.462 e. The van der Waals surface area contributed by atoms with E-state index in [2.05, 4.69) is 6.92 Å². The van der Waals surface area contributed by atoms with E-state index in [0.29, 0.717) is 18.3 Å². The van der Waals surface area contributed by atoms with Gasteiger partial charge < -0.3 is 4.74 Å². The SMILES string of the molecule is CCOC(=O)c1ccccc1S(=O)(=O)N1CCSC(CC)C1. The molecule has 122 valence electrons. The molecule has 1 heterocycles. The van der Waals surface area contributed by atoms with Crippen LogP contribution in [0.25, 0.3) is 0 Å². The molecule has 1 unspecified atom stereocenters. The second-order valence-electron chi connectivity index (χ2n) is 4.98. The highest BCUT2D eigenvalue weighted by atomic mass is 32.2. The van der Waals surface area contributed by atoms with Crippen molar-refractivity contribution in [1.82, 2.24) is 4.31 Å².